The molecule has 0 aromatic heterocycles. The molecular formula is C11H21NO4. The summed E-state index contributed by atoms with van der Waals surface area (Å²) < 4.78 is 4.84. The maximum Gasteiger partial charge on any atom is 0.323 e. The maximum absolute atomic E-state index is 10.9. The molecule has 5 heteroatoms. The second-order valence-corrected chi connectivity index (χ2v) is 4.39. The van der Waals surface area contributed by atoms with E-state index in [9.17, 15) is 4.79 Å². The van der Waals surface area contributed by atoms with Crippen LogP contribution in [0.2, 0.25) is 0 Å². The van der Waals surface area contributed by atoms with Crippen molar-refractivity contribution in [2.45, 2.75) is 25.3 Å². The molecule has 94 valence electrons. The summed E-state index contributed by atoms with van der Waals surface area (Å²) in [6.45, 7) is 1.02. The first-order valence-electron chi connectivity index (χ1n) is 5.75. The van der Waals surface area contributed by atoms with E-state index in [0.717, 1.165) is 19.3 Å². The Kier molecular flexibility index (Phi) is 5.73. The van der Waals surface area contributed by atoms with E-state index < -0.39 is 12.0 Å². The van der Waals surface area contributed by atoms with Crippen molar-refractivity contribution in [3.63, 3.8) is 0 Å². The van der Waals surface area contributed by atoms with E-state index in [0.29, 0.717) is 18.4 Å². The first-order chi connectivity index (χ1) is 7.69. The second kappa shape index (κ2) is 6.83. The highest BCUT2D eigenvalue weighted by atomic mass is 16.5. The molecule has 1 rings (SSSR count). The van der Waals surface area contributed by atoms with Crippen LogP contribution in [0, 0.1) is 11.8 Å². The van der Waals surface area contributed by atoms with E-state index >= 15 is 0 Å². The molecule has 3 atom stereocenters. The van der Waals surface area contributed by atoms with Crippen LogP contribution in [0.3, 0.4) is 0 Å². The van der Waals surface area contributed by atoms with Gasteiger partial charge in [-0.05, 0) is 31.2 Å². The monoisotopic (exact) mass is 231 g/mol. The van der Waals surface area contributed by atoms with E-state index in [-0.39, 0.29) is 13.2 Å². The normalized spacial score (nSPS) is 26.9. The van der Waals surface area contributed by atoms with E-state index in [2.05, 4.69) is 5.32 Å². The molecule has 0 spiro atoms. The Hall–Kier alpha value is -0.650. The van der Waals surface area contributed by atoms with Crippen molar-refractivity contribution in [2.75, 3.05) is 26.9 Å². The quantitative estimate of drug-likeness (QED) is 0.578. The number of ether oxygens (including phenoxy) is 1. The van der Waals surface area contributed by atoms with Gasteiger partial charge in [-0.3, -0.25) is 4.79 Å². The lowest BCUT2D eigenvalue weighted by molar-refractivity contribution is -0.140. The van der Waals surface area contributed by atoms with Crippen LogP contribution in [-0.4, -0.2) is 49.1 Å². The number of nitrogens with one attached hydrogen (secondary N) is 1. The van der Waals surface area contributed by atoms with E-state index in [4.69, 9.17) is 14.9 Å². The highest BCUT2D eigenvalue weighted by Crippen LogP contribution is 2.30. The third-order valence-corrected chi connectivity index (χ3v) is 3.31. The van der Waals surface area contributed by atoms with Crippen molar-refractivity contribution in [3.05, 3.63) is 0 Å². The van der Waals surface area contributed by atoms with Crippen LogP contribution in [-0.2, 0) is 9.53 Å². The summed E-state index contributed by atoms with van der Waals surface area (Å²) in [5, 5.41) is 21.0. The molecule has 1 aliphatic rings. The van der Waals surface area contributed by atoms with Gasteiger partial charge in [0.05, 0.1) is 6.61 Å². The van der Waals surface area contributed by atoms with E-state index in [1.54, 1.807) is 0 Å². The van der Waals surface area contributed by atoms with Gasteiger partial charge in [-0.1, -0.05) is 6.42 Å². The SMILES string of the molecule is COCC(NCC1CCCC1CO)C(=O)O. The van der Waals surface area contributed by atoms with E-state index in [1.807, 2.05) is 0 Å². The van der Waals surface area contributed by atoms with Gasteiger partial charge in [0.1, 0.15) is 6.04 Å². The Morgan fingerprint density at radius 2 is 2.19 bits per heavy atom. The molecule has 16 heavy (non-hydrogen) atoms. The molecule has 1 saturated carbocycles. The average molecular weight is 231 g/mol. The zero-order valence-electron chi connectivity index (χ0n) is 9.69. The van der Waals surface area contributed by atoms with Gasteiger partial charge in [0.25, 0.3) is 0 Å². The molecule has 0 aliphatic heterocycles. The summed E-state index contributed by atoms with van der Waals surface area (Å²) in [7, 11) is 1.49. The van der Waals surface area contributed by atoms with Crippen molar-refractivity contribution in [3.8, 4) is 0 Å². The van der Waals surface area contributed by atoms with Gasteiger partial charge in [-0.15, -0.1) is 0 Å². The predicted octanol–water partition coefficient (Wildman–Crippen LogP) is 0.0842. The van der Waals surface area contributed by atoms with Gasteiger partial charge in [0, 0.05) is 13.7 Å². The fourth-order valence-corrected chi connectivity index (χ4v) is 2.30. The molecular weight excluding hydrogens is 210 g/mol. The Labute approximate surface area is 95.8 Å². The lowest BCUT2D eigenvalue weighted by Gasteiger charge is -2.20. The van der Waals surface area contributed by atoms with Crippen LogP contribution >= 0.6 is 0 Å². The lowest BCUT2D eigenvalue weighted by Crippen LogP contribution is -2.43. The highest BCUT2D eigenvalue weighted by molar-refractivity contribution is 5.73. The molecule has 5 nitrogen and oxygen atoms in total. The maximum atomic E-state index is 10.9. The minimum Gasteiger partial charge on any atom is -0.480 e. The van der Waals surface area contributed by atoms with Crippen LogP contribution < -0.4 is 5.32 Å². The van der Waals surface area contributed by atoms with Crippen LogP contribution in [0.15, 0.2) is 0 Å². The first-order valence-corrected chi connectivity index (χ1v) is 5.75. The van der Waals surface area contributed by atoms with Gasteiger partial charge in [-0.2, -0.15) is 0 Å². The third kappa shape index (κ3) is 3.73. The highest BCUT2D eigenvalue weighted by Gasteiger charge is 2.27. The lowest BCUT2D eigenvalue weighted by atomic mass is 9.97. The van der Waals surface area contributed by atoms with Gasteiger partial charge in [-0.25, -0.2) is 0 Å². The smallest absolute Gasteiger partial charge is 0.323 e. The molecule has 0 heterocycles. The third-order valence-electron chi connectivity index (χ3n) is 3.31. The number of aliphatic hydroxyl groups is 1. The number of aliphatic hydroxyl groups excluding tert-OH is 1. The fraction of sp³-hybridized carbons (Fsp3) is 0.909. The van der Waals surface area contributed by atoms with Crippen molar-refractivity contribution in [1.82, 2.24) is 5.32 Å². The number of methoxy groups -OCH3 is 1. The van der Waals surface area contributed by atoms with Gasteiger partial charge in [0.2, 0.25) is 0 Å². The van der Waals surface area contributed by atoms with E-state index in [1.165, 1.54) is 7.11 Å². The Morgan fingerprint density at radius 1 is 1.50 bits per heavy atom. The summed E-state index contributed by atoms with van der Waals surface area (Å²) in [6.07, 6.45) is 3.24. The number of hydrogen-bond acceptors (Lipinski definition) is 4. The molecule has 1 aliphatic carbocycles. The van der Waals surface area contributed by atoms with Crippen LogP contribution in [0.5, 0.6) is 0 Å². The Bertz CT molecular complexity index is 222. The van der Waals surface area contributed by atoms with Gasteiger partial charge < -0.3 is 20.3 Å². The zero-order valence-corrected chi connectivity index (χ0v) is 9.69. The largest absolute Gasteiger partial charge is 0.480 e. The second-order valence-electron chi connectivity index (χ2n) is 4.39. The minimum absolute atomic E-state index is 0.172. The molecule has 3 unspecified atom stereocenters. The summed E-state index contributed by atoms with van der Waals surface area (Å²) in [4.78, 5) is 10.9. The van der Waals surface area contributed by atoms with Gasteiger partial charge in [0.15, 0.2) is 0 Å². The van der Waals surface area contributed by atoms with Crippen LogP contribution in [0.25, 0.3) is 0 Å². The summed E-state index contributed by atoms with van der Waals surface area (Å²) in [5.74, 6) is -0.173. The molecule has 0 aromatic rings. The van der Waals surface area contributed by atoms with Crippen molar-refractivity contribution < 1.29 is 19.7 Å². The number of carboxylic acids is 1. The van der Waals surface area contributed by atoms with Crippen molar-refractivity contribution in [1.29, 1.82) is 0 Å². The molecule has 3 N–H and O–H groups in total. The number of aliphatic carboxylic acids is 1. The predicted molar refractivity (Wildman–Crippen MR) is 59.2 cm³/mol. The summed E-state index contributed by atoms with van der Waals surface area (Å²) >= 11 is 0. The van der Waals surface area contributed by atoms with Crippen LogP contribution in [0.4, 0.5) is 0 Å². The number of carboxylic acid groups (broad SMARTS) is 1. The number of carbonyl (C=O) groups is 1. The Balaban J connectivity index is 2.33. The number of rotatable bonds is 7. The minimum atomic E-state index is -0.889. The number of hydrogen-bond donors (Lipinski definition) is 3. The molecule has 0 saturated heterocycles. The van der Waals surface area contributed by atoms with Crippen molar-refractivity contribution in [2.24, 2.45) is 11.8 Å². The van der Waals surface area contributed by atoms with Gasteiger partial charge >= 0.3 is 5.97 Å². The molecule has 0 bridgehead atoms. The zero-order chi connectivity index (χ0) is 12.0. The van der Waals surface area contributed by atoms with Crippen molar-refractivity contribution >= 4 is 5.97 Å². The molecule has 1 fully saturated rings. The van der Waals surface area contributed by atoms with Crippen LogP contribution in [0.1, 0.15) is 19.3 Å². The molecule has 0 radical (unpaired) electrons. The molecule has 0 amide bonds. The summed E-state index contributed by atoms with van der Waals surface area (Å²) in [6, 6.07) is -0.648. The molecule has 0 aromatic carbocycles. The summed E-state index contributed by atoms with van der Waals surface area (Å²) in [5.41, 5.74) is 0. The fourth-order valence-electron chi connectivity index (χ4n) is 2.30. The standard InChI is InChI=1S/C11H21NO4/c1-16-7-10(11(14)15)12-5-8-3-2-4-9(8)6-13/h8-10,12-13H,2-7H2,1H3,(H,14,15). The first kappa shape index (κ1) is 13.4. The topological polar surface area (TPSA) is 78.8 Å². The average Bonchev–Trinajstić information content (AvgIpc) is 2.71. The Morgan fingerprint density at radius 3 is 2.75 bits per heavy atom.